The molecule has 0 heterocycles. The van der Waals surface area contributed by atoms with Gasteiger partial charge in [0, 0.05) is 0 Å². The van der Waals surface area contributed by atoms with Gasteiger partial charge in [-0.3, -0.25) is 0 Å². The van der Waals surface area contributed by atoms with Gasteiger partial charge in [0.1, 0.15) is 0 Å². The molecule has 0 saturated heterocycles. The summed E-state index contributed by atoms with van der Waals surface area (Å²) in [6.45, 7) is 5.57. The van der Waals surface area contributed by atoms with Gasteiger partial charge in [-0.25, -0.2) is 0 Å². The third-order valence-corrected chi connectivity index (χ3v) is 4.59. The SMILES string of the molecule is CB(C)N(C1CCCCC1)C1CCCCC1. The van der Waals surface area contributed by atoms with Gasteiger partial charge in [-0.2, -0.15) is 0 Å². The first-order valence-electron chi connectivity index (χ1n) is 7.56. The lowest BCUT2D eigenvalue weighted by molar-refractivity contribution is 0.166. The van der Waals surface area contributed by atoms with Crippen molar-refractivity contribution in [1.29, 1.82) is 0 Å². The predicted molar refractivity (Wildman–Crippen MR) is 73.1 cm³/mol. The highest BCUT2D eigenvalue weighted by Crippen LogP contribution is 2.30. The quantitative estimate of drug-likeness (QED) is 0.645. The highest BCUT2D eigenvalue weighted by molar-refractivity contribution is 6.52. The van der Waals surface area contributed by atoms with Crippen LogP contribution >= 0.6 is 0 Å². The molecule has 2 aliphatic carbocycles. The molecule has 0 aromatic heterocycles. The van der Waals surface area contributed by atoms with Crippen LogP contribution in [0.1, 0.15) is 64.2 Å². The molecule has 2 saturated carbocycles. The lowest BCUT2D eigenvalue weighted by Gasteiger charge is -2.44. The average molecular weight is 221 g/mol. The molecule has 2 fully saturated rings. The molecule has 0 N–H and O–H groups in total. The standard InChI is InChI=1S/C14H28BN/c1-15(2)16(13-9-5-3-6-10-13)14-11-7-4-8-12-14/h13-14H,3-12H2,1-2H3. The molecule has 0 amide bonds. The zero-order valence-electron chi connectivity index (χ0n) is 11.3. The summed E-state index contributed by atoms with van der Waals surface area (Å²) >= 11 is 0. The lowest BCUT2D eigenvalue weighted by Crippen LogP contribution is -2.51. The Balaban J connectivity index is 1.96. The van der Waals surface area contributed by atoms with Crippen molar-refractivity contribution in [2.24, 2.45) is 0 Å². The Labute approximate surface area is 102 Å². The van der Waals surface area contributed by atoms with Gasteiger partial charge in [-0.05, 0) is 37.8 Å². The molecule has 2 heteroatoms. The predicted octanol–water partition coefficient (Wildman–Crippen LogP) is 4.20. The van der Waals surface area contributed by atoms with Crippen LogP contribution in [0.5, 0.6) is 0 Å². The Hall–Kier alpha value is 0.0249. The van der Waals surface area contributed by atoms with Crippen LogP contribution in [-0.4, -0.2) is 23.7 Å². The van der Waals surface area contributed by atoms with Gasteiger partial charge in [0.05, 0.1) is 0 Å². The maximum Gasteiger partial charge on any atom is 0.217 e. The first kappa shape index (κ1) is 12.5. The lowest BCUT2D eigenvalue weighted by atomic mass is 9.62. The van der Waals surface area contributed by atoms with Crippen LogP contribution in [0.25, 0.3) is 0 Å². The molecule has 0 aromatic carbocycles. The molecule has 0 spiro atoms. The van der Waals surface area contributed by atoms with Crippen LogP contribution in [0.15, 0.2) is 0 Å². The van der Waals surface area contributed by atoms with Gasteiger partial charge in [0.2, 0.25) is 6.85 Å². The van der Waals surface area contributed by atoms with E-state index < -0.39 is 0 Å². The minimum absolute atomic E-state index is 0.756. The fourth-order valence-corrected chi connectivity index (χ4v) is 3.90. The van der Waals surface area contributed by atoms with Crippen molar-refractivity contribution in [3.8, 4) is 0 Å². The van der Waals surface area contributed by atoms with Gasteiger partial charge in [0.25, 0.3) is 0 Å². The largest absolute Gasteiger partial charge is 0.337 e. The van der Waals surface area contributed by atoms with Gasteiger partial charge < -0.3 is 4.81 Å². The smallest absolute Gasteiger partial charge is 0.217 e. The van der Waals surface area contributed by atoms with Crippen molar-refractivity contribution < 1.29 is 0 Å². The summed E-state index contributed by atoms with van der Waals surface area (Å²) in [5.41, 5.74) is 0. The van der Waals surface area contributed by atoms with Gasteiger partial charge in [-0.15, -0.1) is 0 Å². The van der Waals surface area contributed by atoms with Crippen LogP contribution in [0.3, 0.4) is 0 Å². The van der Waals surface area contributed by atoms with Gasteiger partial charge >= 0.3 is 0 Å². The molecule has 92 valence electrons. The number of hydrogen-bond acceptors (Lipinski definition) is 1. The fraction of sp³-hybridized carbons (Fsp3) is 1.00. The molecule has 2 rings (SSSR count). The molecule has 0 radical (unpaired) electrons. The Morgan fingerprint density at radius 2 is 1.06 bits per heavy atom. The molecule has 16 heavy (non-hydrogen) atoms. The monoisotopic (exact) mass is 221 g/mol. The first-order valence-corrected chi connectivity index (χ1v) is 7.56. The van der Waals surface area contributed by atoms with Crippen molar-refractivity contribution in [3.05, 3.63) is 0 Å². The average Bonchev–Trinajstić information content (AvgIpc) is 2.31. The Kier molecular flexibility index (Phi) is 4.75. The molecule has 0 aliphatic heterocycles. The second kappa shape index (κ2) is 6.09. The minimum atomic E-state index is 0.756. The summed E-state index contributed by atoms with van der Waals surface area (Å²) in [4.78, 5) is 2.89. The van der Waals surface area contributed by atoms with E-state index in [4.69, 9.17) is 0 Å². The highest BCUT2D eigenvalue weighted by Gasteiger charge is 2.31. The van der Waals surface area contributed by atoms with Crippen LogP contribution in [0, 0.1) is 0 Å². The topological polar surface area (TPSA) is 3.24 Å². The summed E-state index contributed by atoms with van der Waals surface area (Å²) in [6, 6.07) is 1.83. The summed E-state index contributed by atoms with van der Waals surface area (Å²) in [7, 11) is 0. The molecule has 0 bridgehead atoms. The van der Waals surface area contributed by atoms with Crippen molar-refractivity contribution in [1.82, 2.24) is 4.81 Å². The Bertz CT molecular complexity index is 175. The summed E-state index contributed by atoms with van der Waals surface area (Å²) < 4.78 is 0. The van der Waals surface area contributed by atoms with Crippen LogP contribution in [0.4, 0.5) is 0 Å². The van der Waals surface area contributed by atoms with Crippen LogP contribution < -0.4 is 0 Å². The zero-order valence-corrected chi connectivity index (χ0v) is 11.3. The van der Waals surface area contributed by atoms with Crippen molar-refractivity contribution >= 4 is 6.85 Å². The zero-order chi connectivity index (χ0) is 11.4. The van der Waals surface area contributed by atoms with Gasteiger partial charge in [-0.1, -0.05) is 52.2 Å². The molecule has 0 aromatic rings. The normalized spacial score (nSPS) is 24.9. The molecule has 2 aliphatic rings. The van der Waals surface area contributed by atoms with Crippen molar-refractivity contribution in [3.63, 3.8) is 0 Å². The van der Waals surface area contributed by atoms with E-state index in [1.165, 1.54) is 64.2 Å². The van der Waals surface area contributed by atoms with Crippen LogP contribution in [-0.2, 0) is 0 Å². The summed E-state index contributed by atoms with van der Waals surface area (Å²) in [5, 5.41) is 0. The first-order chi connectivity index (χ1) is 7.79. The molecular weight excluding hydrogens is 193 g/mol. The summed E-state index contributed by atoms with van der Waals surface area (Å²) in [6.07, 6.45) is 14.7. The van der Waals surface area contributed by atoms with Crippen molar-refractivity contribution in [2.75, 3.05) is 0 Å². The molecule has 0 unspecified atom stereocenters. The van der Waals surface area contributed by atoms with E-state index >= 15 is 0 Å². The second-order valence-corrected chi connectivity index (χ2v) is 6.12. The molecular formula is C14H28BN. The van der Waals surface area contributed by atoms with Crippen molar-refractivity contribution in [2.45, 2.75) is 89.9 Å². The second-order valence-electron chi connectivity index (χ2n) is 6.12. The molecule has 1 nitrogen and oxygen atoms in total. The van der Waals surface area contributed by atoms with E-state index in [1.807, 2.05) is 0 Å². The minimum Gasteiger partial charge on any atom is -0.337 e. The van der Waals surface area contributed by atoms with E-state index in [-0.39, 0.29) is 0 Å². The van der Waals surface area contributed by atoms with E-state index in [0.29, 0.717) is 0 Å². The third-order valence-electron chi connectivity index (χ3n) is 4.59. The van der Waals surface area contributed by atoms with E-state index in [0.717, 1.165) is 18.9 Å². The molecule has 0 atom stereocenters. The Morgan fingerprint density at radius 1 is 0.688 bits per heavy atom. The maximum absolute atomic E-state index is 2.89. The number of hydrogen-bond donors (Lipinski definition) is 0. The van der Waals surface area contributed by atoms with E-state index in [2.05, 4.69) is 18.5 Å². The highest BCUT2D eigenvalue weighted by atomic mass is 15.1. The Morgan fingerprint density at radius 3 is 1.38 bits per heavy atom. The maximum atomic E-state index is 2.89. The number of nitrogens with zero attached hydrogens (tertiary/aromatic N) is 1. The fourth-order valence-electron chi connectivity index (χ4n) is 3.90. The number of rotatable bonds is 3. The summed E-state index contributed by atoms with van der Waals surface area (Å²) in [5.74, 6) is 0. The van der Waals surface area contributed by atoms with E-state index in [1.54, 1.807) is 0 Å². The van der Waals surface area contributed by atoms with Gasteiger partial charge in [0.15, 0.2) is 0 Å². The van der Waals surface area contributed by atoms with E-state index in [9.17, 15) is 0 Å². The third kappa shape index (κ3) is 3.03. The van der Waals surface area contributed by atoms with Crippen LogP contribution in [0.2, 0.25) is 13.6 Å².